The summed E-state index contributed by atoms with van der Waals surface area (Å²) in [5.74, 6) is 0. The molecular weight excluding hydrogens is 281 g/mol. The topological polar surface area (TPSA) is 12.9 Å². The number of hydrogen-bond acceptors (Lipinski definition) is 2. The van der Waals surface area contributed by atoms with E-state index in [0.717, 1.165) is 14.1 Å². The van der Waals surface area contributed by atoms with Crippen LogP contribution in [0.25, 0.3) is 10.2 Å². The predicted molar refractivity (Wildman–Crippen MR) is 57.3 cm³/mol. The number of hydrogen-bond donors (Lipinski definition) is 0. The molecule has 0 saturated heterocycles. The molecule has 0 aliphatic carbocycles. The molecule has 1 aromatic heterocycles. The van der Waals surface area contributed by atoms with Gasteiger partial charge in [-0.1, -0.05) is 23.2 Å². The highest BCUT2D eigenvalue weighted by Gasteiger charge is 2.07. The molecule has 0 fully saturated rings. The summed E-state index contributed by atoms with van der Waals surface area (Å²) in [6.45, 7) is 0. The zero-order valence-electron chi connectivity index (χ0n) is 5.64. The molecule has 0 radical (unpaired) electrons. The third-order valence-corrected chi connectivity index (χ3v) is 3.88. The third-order valence-electron chi connectivity index (χ3n) is 1.42. The first kappa shape index (κ1) is 8.75. The van der Waals surface area contributed by atoms with Crippen LogP contribution < -0.4 is 0 Å². The molecule has 0 aliphatic heterocycles. The fourth-order valence-corrected chi connectivity index (χ4v) is 2.80. The van der Waals surface area contributed by atoms with Crippen LogP contribution in [-0.2, 0) is 0 Å². The Hall–Kier alpha value is 0.170. The lowest BCUT2D eigenvalue weighted by molar-refractivity contribution is 1.45. The van der Waals surface area contributed by atoms with Gasteiger partial charge >= 0.3 is 0 Å². The summed E-state index contributed by atoms with van der Waals surface area (Å²) in [7, 11) is 0. The molecule has 1 nitrogen and oxygen atoms in total. The summed E-state index contributed by atoms with van der Waals surface area (Å²) in [6.07, 6.45) is 0. The lowest BCUT2D eigenvalue weighted by Gasteiger charge is -1.93. The molecule has 0 unspecified atom stereocenters. The van der Waals surface area contributed by atoms with E-state index in [-0.39, 0.29) is 0 Å². The van der Waals surface area contributed by atoms with Crippen LogP contribution in [0.15, 0.2) is 16.0 Å². The van der Waals surface area contributed by atoms with Gasteiger partial charge in [-0.15, -0.1) is 11.3 Å². The molecule has 0 spiro atoms. The van der Waals surface area contributed by atoms with Crippen molar-refractivity contribution in [3.8, 4) is 0 Å². The number of benzene rings is 1. The largest absolute Gasteiger partial charge is 0.229 e. The summed E-state index contributed by atoms with van der Waals surface area (Å²) < 4.78 is 1.75. The van der Waals surface area contributed by atoms with E-state index in [9.17, 15) is 0 Å². The zero-order chi connectivity index (χ0) is 8.72. The minimum atomic E-state index is 0.570. The van der Waals surface area contributed by atoms with Crippen LogP contribution in [0.4, 0.5) is 0 Å². The van der Waals surface area contributed by atoms with Crippen molar-refractivity contribution >= 4 is 60.7 Å². The minimum absolute atomic E-state index is 0.570. The Bertz CT molecular complexity index is 440. The van der Waals surface area contributed by atoms with Gasteiger partial charge in [0.2, 0.25) is 0 Å². The van der Waals surface area contributed by atoms with E-state index in [1.54, 1.807) is 6.07 Å². The Morgan fingerprint density at radius 3 is 2.83 bits per heavy atom. The van der Waals surface area contributed by atoms with E-state index in [2.05, 4.69) is 20.9 Å². The second-order valence-corrected chi connectivity index (χ2v) is 5.24. The fraction of sp³-hybridized carbons (Fsp3) is 0. The molecule has 62 valence electrons. The van der Waals surface area contributed by atoms with Crippen LogP contribution >= 0.6 is 50.5 Å². The standard InChI is InChI=1S/C7H2BrCl2NS/c8-7-11-4-2-1-3(9)5(10)6(4)12-7/h1-2H. The van der Waals surface area contributed by atoms with Crippen LogP contribution in [-0.4, -0.2) is 4.98 Å². The van der Waals surface area contributed by atoms with E-state index in [1.165, 1.54) is 11.3 Å². The first-order valence-corrected chi connectivity index (χ1v) is 5.45. The van der Waals surface area contributed by atoms with Gasteiger partial charge in [0.25, 0.3) is 0 Å². The van der Waals surface area contributed by atoms with Crippen molar-refractivity contribution in [1.82, 2.24) is 4.98 Å². The summed E-state index contributed by atoms with van der Waals surface area (Å²) >= 11 is 16.6. The Kier molecular flexibility index (Phi) is 2.29. The maximum Gasteiger partial charge on any atom is 0.160 e. The van der Waals surface area contributed by atoms with Crippen LogP contribution in [0.2, 0.25) is 10.0 Å². The summed E-state index contributed by atoms with van der Waals surface area (Å²) in [4.78, 5) is 4.21. The number of aromatic nitrogens is 1. The van der Waals surface area contributed by atoms with Gasteiger partial charge in [0.15, 0.2) is 3.92 Å². The molecular formula is C7H2BrCl2NS. The van der Waals surface area contributed by atoms with Crippen LogP contribution in [0.5, 0.6) is 0 Å². The zero-order valence-corrected chi connectivity index (χ0v) is 9.56. The average molecular weight is 283 g/mol. The summed E-state index contributed by atoms with van der Waals surface area (Å²) in [5, 5.41) is 1.15. The van der Waals surface area contributed by atoms with Crippen molar-refractivity contribution in [3.05, 3.63) is 26.1 Å². The quantitative estimate of drug-likeness (QED) is 0.699. The highest BCUT2D eigenvalue weighted by atomic mass is 79.9. The smallest absolute Gasteiger partial charge is 0.160 e. The molecule has 0 saturated carbocycles. The monoisotopic (exact) mass is 281 g/mol. The Balaban J connectivity index is 2.89. The SMILES string of the molecule is Clc1ccc2nc(Br)sc2c1Cl. The number of halogens is 3. The first-order chi connectivity index (χ1) is 5.68. The maximum absolute atomic E-state index is 5.96. The fourth-order valence-electron chi connectivity index (χ4n) is 0.909. The van der Waals surface area contributed by atoms with Gasteiger partial charge in [-0.05, 0) is 28.1 Å². The number of thiazole rings is 1. The highest BCUT2D eigenvalue weighted by Crippen LogP contribution is 2.36. The second-order valence-electron chi connectivity index (χ2n) is 2.18. The van der Waals surface area contributed by atoms with Gasteiger partial charge in [0, 0.05) is 0 Å². The lowest BCUT2D eigenvalue weighted by atomic mass is 10.3. The average Bonchev–Trinajstić information content (AvgIpc) is 2.39. The third kappa shape index (κ3) is 1.35. The van der Waals surface area contributed by atoms with Gasteiger partial charge < -0.3 is 0 Å². The molecule has 0 aliphatic rings. The normalized spacial score (nSPS) is 10.9. The highest BCUT2D eigenvalue weighted by molar-refractivity contribution is 9.11. The summed E-state index contributed by atoms with van der Waals surface area (Å²) in [5.41, 5.74) is 0.876. The van der Waals surface area contributed by atoms with Gasteiger partial charge in [0.05, 0.1) is 20.3 Å². The molecule has 1 heterocycles. The minimum Gasteiger partial charge on any atom is -0.229 e. The first-order valence-electron chi connectivity index (χ1n) is 3.08. The molecule has 2 aromatic rings. The van der Waals surface area contributed by atoms with Crippen LogP contribution in [0.1, 0.15) is 0 Å². The second kappa shape index (κ2) is 3.14. The van der Waals surface area contributed by atoms with Gasteiger partial charge in [0.1, 0.15) is 0 Å². The van der Waals surface area contributed by atoms with Gasteiger partial charge in [-0.25, -0.2) is 4.98 Å². The number of fused-ring (bicyclic) bond motifs is 1. The number of nitrogens with zero attached hydrogens (tertiary/aromatic N) is 1. The van der Waals surface area contributed by atoms with Crippen molar-refractivity contribution in [1.29, 1.82) is 0 Å². The number of rotatable bonds is 0. The molecule has 0 atom stereocenters. The molecule has 0 N–H and O–H groups in total. The van der Waals surface area contributed by atoms with Crippen molar-refractivity contribution < 1.29 is 0 Å². The Labute approximate surface area is 91.4 Å². The summed E-state index contributed by atoms with van der Waals surface area (Å²) in [6, 6.07) is 3.60. The molecule has 5 heteroatoms. The molecule has 1 aromatic carbocycles. The maximum atomic E-state index is 5.96. The van der Waals surface area contributed by atoms with Crippen LogP contribution in [0, 0.1) is 0 Å². The van der Waals surface area contributed by atoms with E-state index < -0.39 is 0 Å². The Morgan fingerprint density at radius 2 is 2.08 bits per heavy atom. The van der Waals surface area contributed by atoms with Crippen molar-refractivity contribution in [3.63, 3.8) is 0 Å². The van der Waals surface area contributed by atoms with Crippen molar-refractivity contribution in [2.45, 2.75) is 0 Å². The Morgan fingerprint density at radius 1 is 1.33 bits per heavy atom. The van der Waals surface area contributed by atoms with Crippen molar-refractivity contribution in [2.75, 3.05) is 0 Å². The van der Waals surface area contributed by atoms with E-state index in [1.807, 2.05) is 6.07 Å². The van der Waals surface area contributed by atoms with E-state index in [4.69, 9.17) is 23.2 Å². The van der Waals surface area contributed by atoms with Crippen LogP contribution in [0.3, 0.4) is 0 Å². The molecule has 0 bridgehead atoms. The van der Waals surface area contributed by atoms with Crippen molar-refractivity contribution in [2.24, 2.45) is 0 Å². The van der Waals surface area contributed by atoms with E-state index >= 15 is 0 Å². The predicted octanol–water partition coefficient (Wildman–Crippen LogP) is 4.37. The van der Waals surface area contributed by atoms with E-state index in [0.29, 0.717) is 10.0 Å². The lowest BCUT2D eigenvalue weighted by Crippen LogP contribution is -1.70. The van der Waals surface area contributed by atoms with Gasteiger partial charge in [-0.2, -0.15) is 0 Å². The molecule has 12 heavy (non-hydrogen) atoms. The molecule has 0 amide bonds. The van der Waals surface area contributed by atoms with Gasteiger partial charge in [-0.3, -0.25) is 0 Å². The molecule has 2 rings (SSSR count).